The van der Waals surface area contributed by atoms with Crippen molar-refractivity contribution >= 4 is 17.2 Å². The summed E-state index contributed by atoms with van der Waals surface area (Å²) in [6.07, 6.45) is 0.492. The van der Waals surface area contributed by atoms with Gasteiger partial charge in [-0.1, -0.05) is 6.07 Å². The van der Waals surface area contributed by atoms with E-state index in [0.717, 1.165) is 5.56 Å². The number of aromatic hydroxyl groups is 1. The normalized spacial score (nSPS) is 10.2. The van der Waals surface area contributed by atoms with Gasteiger partial charge in [-0.2, -0.15) is 0 Å². The van der Waals surface area contributed by atoms with E-state index in [-0.39, 0.29) is 34.9 Å². The minimum atomic E-state index is -0.283. The van der Waals surface area contributed by atoms with Gasteiger partial charge in [-0.15, -0.1) is 9.81 Å². The minimum absolute atomic E-state index is 0.0389. The lowest BCUT2D eigenvalue weighted by Gasteiger charge is -2.12. The van der Waals surface area contributed by atoms with Crippen molar-refractivity contribution in [1.29, 1.82) is 0 Å². The van der Waals surface area contributed by atoms with Crippen LogP contribution in [0.2, 0.25) is 0 Å². The third-order valence-corrected chi connectivity index (χ3v) is 3.77. The van der Waals surface area contributed by atoms with E-state index in [0.29, 0.717) is 17.7 Å². The van der Waals surface area contributed by atoms with Crippen LogP contribution in [0, 0.1) is 16.7 Å². The molecular weight excluding hydrogens is 312 g/mol. The van der Waals surface area contributed by atoms with E-state index in [4.69, 9.17) is 4.74 Å². The lowest BCUT2D eigenvalue weighted by Crippen LogP contribution is -2.03. The summed E-state index contributed by atoms with van der Waals surface area (Å²) in [6, 6.07) is 7.14. The molecule has 0 heterocycles. The second-order valence-corrected chi connectivity index (χ2v) is 5.21. The molecule has 0 aliphatic heterocycles. The second-order valence-electron chi connectivity index (χ2n) is 5.21. The van der Waals surface area contributed by atoms with Crippen molar-refractivity contribution in [2.75, 3.05) is 7.11 Å². The smallest absolute Gasteiger partial charge is 0.165 e. The molecule has 124 valence electrons. The Balaban J connectivity index is 2.21. The molecule has 1 N–H and O–H groups in total. The maximum absolute atomic E-state index is 12.4. The highest BCUT2D eigenvalue weighted by Gasteiger charge is 2.16. The molecule has 0 fully saturated rings. The molecule has 0 unspecified atom stereocenters. The zero-order valence-corrected chi connectivity index (χ0v) is 13.3. The highest BCUT2D eigenvalue weighted by molar-refractivity contribution is 6.01. The maximum Gasteiger partial charge on any atom is 0.165 e. The van der Waals surface area contributed by atoms with Crippen LogP contribution >= 0.6 is 0 Å². The van der Waals surface area contributed by atoms with Crippen LogP contribution in [-0.4, -0.2) is 18.0 Å². The van der Waals surface area contributed by atoms with Crippen LogP contribution in [0.4, 0.5) is 11.4 Å². The fourth-order valence-electron chi connectivity index (χ4n) is 2.49. The van der Waals surface area contributed by atoms with Crippen LogP contribution in [0.15, 0.2) is 40.7 Å². The van der Waals surface area contributed by atoms with Crippen LogP contribution < -0.4 is 4.74 Å². The van der Waals surface area contributed by atoms with Crippen molar-refractivity contribution in [3.63, 3.8) is 0 Å². The molecule has 0 bridgehead atoms. The number of nitrogens with zero attached hydrogens (tertiary/aromatic N) is 2. The molecule has 2 aromatic rings. The molecule has 0 saturated heterocycles. The van der Waals surface area contributed by atoms with Gasteiger partial charge in [0.2, 0.25) is 0 Å². The fourth-order valence-corrected chi connectivity index (χ4v) is 2.49. The first kappa shape index (κ1) is 17.3. The topological polar surface area (TPSA) is 105 Å². The number of hydrogen-bond acceptors (Lipinski definition) is 7. The number of phenols is 1. The molecule has 0 saturated carbocycles. The molecule has 24 heavy (non-hydrogen) atoms. The first-order chi connectivity index (χ1) is 11.5. The summed E-state index contributed by atoms with van der Waals surface area (Å²) in [5.74, 6) is 0.359. The first-order valence-electron chi connectivity index (χ1n) is 7.21. The number of carbonyl (C=O) groups is 1. The molecule has 0 aliphatic carbocycles. The summed E-state index contributed by atoms with van der Waals surface area (Å²) in [7, 11) is 1.49. The third-order valence-electron chi connectivity index (χ3n) is 3.77. The number of ether oxygens (including phenoxy) is 1. The van der Waals surface area contributed by atoms with Crippen LogP contribution in [0.3, 0.4) is 0 Å². The maximum atomic E-state index is 12.4. The standard InChI is InChI=1S/C17H16N2O5/c1-10-15(20)7-3-11(17(10)24-2)4-8-16(21)13-6-5-12(18-22)9-14(13)19-23/h3,5-7,9,20H,4,8H2,1-2H3. The van der Waals surface area contributed by atoms with Gasteiger partial charge in [0.15, 0.2) is 5.78 Å². The Morgan fingerprint density at radius 3 is 2.54 bits per heavy atom. The largest absolute Gasteiger partial charge is 0.508 e. The van der Waals surface area contributed by atoms with Crippen molar-refractivity contribution in [2.45, 2.75) is 19.8 Å². The van der Waals surface area contributed by atoms with Gasteiger partial charge in [-0.25, -0.2) is 0 Å². The van der Waals surface area contributed by atoms with E-state index in [2.05, 4.69) is 10.4 Å². The molecular formula is C17H16N2O5. The molecule has 7 heteroatoms. The average Bonchev–Trinajstić information content (AvgIpc) is 2.61. The average molecular weight is 328 g/mol. The van der Waals surface area contributed by atoms with Crippen molar-refractivity contribution in [1.82, 2.24) is 0 Å². The van der Waals surface area contributed by atoms with E-state index >= 15 is 0 Å². The van der Waals surface area contributed by atoms with Crippen molar-refractivity contribution in [2.24, 2.45) is 10.4 Å². The molecule has 0 amide bonds. The monoisotopic (exact) mass is 328 g/mol. The van der Waals surface area contributed by atoms with Gasteiger partial charge in [0, 0.05) is 17.5 Å². The van der Waals surface area contributed by atoms with Gasteiger partial charge in [0.25, 0.3) is 0 Å². The molecule has 0 aliphatic rings. The Morgan fingerprint density at radius 1 is 1.17 bits per heavy atom. The zero-order chi connectivity index (χ0) is 17.7. The number of Topliss-reactive ketones (excluding diaryl/α,β-unsaturated/α-hetero) is 1. The fraction of sp³-hybridized carbons (Fsp3) is 0.235. The Bertz CT molecular complexity index is 802. The van der Waals surface area contributed by atoms with E-state index in [9.17, 15) is 19.7 Å². The minimum Gasteiger partial charge on any atom is -0.508 e. The van der Waals surface area contributed by atoms with Crippen molar-refractivity contribution < 1.29 is 14.6 Å². The van der Waals surface area contributed by atoms with E-state index in [1.54, 1.807) is 19.1 Å². The van der Waals surface area contributed by atoms with Crippen LogP contribution in [0.5, 0.6) is 11.5 Å². The van der Waals surface area contributed by atoms with Gasteiger partial charge in [0.05, 0.1) is 7.11 Å². The quantitative estimate of drug-likeness (QED) is 0.602. The number of nitroso groups, excluding NO2 is 2. The van der Waals surface area contributed by atoms with E-state index < -0.39 is 0 Å². The number of phenolic OH excluding ortho intramolecular Hbond substituents is 1. The Kier molecular flexibility index (Phi) is 5.36. The number of hydrogen-bond donors (Lipinski definition) is 1. The lowest BCUT2D eigenvalue weighted by atomic mass is 9.99. The van der Waals surface area contributed by atoms with E-state index in [1.165, 1.54) is 25.3 Å². The van der Waals surface area contributed by atoms with Crippen molar-refractivity contribution in [3.05, 3.63) is 56.8 Å². The number of aryl methyl sites for hydroxylation is 1. The molecule has 0 atom stereocenters. The number of benzene rings is 2. The number of ketones is 1. The molecule has 0 spiro atoms. The zero-order valence-electron chi connectivity index (χ0n) is 13.3. The SMILES string of the molecule is COc1c(CCC(=O)c2ccc(N=O)cc2N=O)ccc(O)c1C. The molecule has 2 aromatic carbocycles. The lowest BCUT2D eigenvalue weighted by molar-refractivity contribution is 0.0983. The second kappa shape index (κ2) is 7.45. The first-order valence-corrected chi connectivity index (χ1v) is 7.21. The van der Waals surface area contributed by atoms with Gasteiger partial charge in [0.1, 0.15) is 22.9 Å². The van der Waals surface area contributed by atoms with Crippen molar-refractivity contribution in [3.8, 4) is 11.5 Å². The molecule has 0 radical (unpaired) electrons. The highest BCUT2D eigenvalue weighted by atomic mass is 16.5. The van der Waals surface area contributed by atoms with Gasteiger partial charge >= 0.3 is 0 Å². The molecule has 7 nitrogen and oxygen atoms in total. The van der Waals surface area contributed by atoms with Crippen LogP contribution in [0.1, 0.15) is 27.9 Å². The van der Waals surface area contributed by atoms with Gasteiger partial charge < -0.3 is 9.84 Å². The summed E-state index contributed by atoms with van der Waals surface area (Å²) >= 11 is 0. The molecule has 2 rings (SSSR count). The summed E-state index contributed by atoms with van der Waals surface area (Å²) < 4.78 is 5.28. The summed E-state index contributed by atoms with van der Waals surface area (Å²) in [6.45, 7) is 1.72. The van der Waals surface area contributed by atoms with E-state index in [1.807, 2.05) is 0 Å². The summed E-state index contributed by atoms with van der Waals surface area (Å²) in [5.41, 5.74) is 1.45. The number of carbonyl (C=O) groups excluding carboxylic acids is 1. The predicted molar refractivity (Wildman–Crippen MR) is 89.4 cm³/mol. The summed E-state index contributed by atoms with van der Waals surface area (Å²) in [5, 5.41) is 15.2. The highest BCUT2D eigenvalue weighted by Crippen LogP contribution is 2.32. The molecule has 0 aromatic heterocycles. The Morgan fingerprint density at radius 2 is 1.92 bits per heavy atom. The number of methoxy groups -OCH3 is 1. The predicted octanol–water partition coefficient (Wildman–Crippen LogP) is 4.32. The van der Waals surface area contributed by atoms with Crippen LogP contribution in [0.25, 0.3) is 0 Å². The summed E-state index contributed by atoms with van der Waals surface area (Å²) in [4.78, 5) is 33.7. The van der Waals surface area contributed by atoms with Gasteiger partial charge in [-0.3, -0.25) is 4.79 Å². The Labute approximate surface area is 138 Å². The van der Waals surface area contributed by atoms with Crippen LogP contribution in [-0.2, 0) is 6.42 Å². The number of rotatable bonds is 7. The third kappa shape index (κ3) is 3.45. The Hall–Kier alpha value is -3.09. The van der Waals surface area contributed by atoms with Gasteiger partial charge in [-0.05, 0) is 53.5 Å².